The van der Waals surface area contributed by atoms with Gasteiger partial charge in [0, 0.05) is 0 Å². The van der Waals surface area contributed by atoms with Crippen molar-refractivity contribution in [2.45, 2.75) is 25.2 Å². The van der Waals surface area contributed by atoms with E-state index in [-0.39, 0.29) is 5.41 Å². The largest absolute Gasteiger partial charge is 0.0842 e. The first-order valence-electron chi connectivity index (χ1n) is 15.0. The minimum absolute atomic E-state index is 0.325. The molecule has 0 aromatic heterocycles. The standard InChI is InChI=1S/C42H32/c1-29-23-25-31(26-24-29)40-34-18-9-8-13-30(34)27-28-36(40)35-20-12-22-39-41(35)37-19-10-11-21-38(37)42(39,32-14-4-2-5-15-32)33-16-6-3-7-17-33/h2-6,8-16,18-28H,7,17H2,1H3. The van der Waals surface area contributed by atoms with Crippen molar-refractivity contribution in [1.82, 2.24) is 0 Å². The van der Waals surface area contributed by atoms with E-state index in [1.165, 1.54) is 72.0 Å². The van der Waals surface area contributed by atoms with E-state index >= 15 is 0 Å². The summed E-state index contributed by atoms with van der Waals surface area (Å²) in [4.78, 5) is 0. The average molecular weight is 537 g/mol. The highest BCUT2D eigenvalue weighted by Crippen LogP contribution is 2.60. The van der Waals surface area contributed by atoms with E-state index in [4.69, 9.17) is 0 Å². The smallest absolute Gasteiger partial charge is 0.0676 e. The van der Waals surface area contributed by atoms with Gasteiger partial charge in [-0.1, -0.05) is 163 Å². The number of rotatable bonds is 4. The van der Waals surface area contributed by atoms with Crippen LogP contribution in [0, 0.1) is 6.92 Å². The molecule has 1 atom stereocenters. The van der Waals surface area contributed by atoms with E-state index in [1.807, 2.05) is 0 Å². The van der Waals surface area contributed by atoms with Crippen LogP contribution in [0.4, 0.5) is 0 Å². The van der Waals surface area contributed by atoms with Crippen LogP contribution in [0.1, 0.15) is 35.1 Å². The zero-order valence-electron chi connectivity index (χ0n) is 23.8. The van der Waals surface area contributed by atoms with Crippen LogP contribution < -0.4 is 0 Å². The van der Waals surface area contributed by atoms with Crippen LogP contribution in [0.15, 0.2) is 157 Å². The minimum Gasteiger partial charge on any atom is -0.0842 e. The van der Waals surface area contributed by atoms with Crippen molar-refractivity contribution in [3.8, 4) is 33.4 Å². The Hall–Kier alpha value is -4.94. The quantitative estimate of drug-likeness (QED) is 0.210. The van der Waals surface area contributed by atoms with Crippen molar-refractivity contribution in [2.75, 3.05) is 0 Å². The van der Waals surface area contributed by atoms with Crippen molar-refractivity contribution < 1.29 is 0 Å². The molecule has 8 rings (SSSR count). The molecule has 0 aliphatic heterocycles. The summed E-state index contributed by atoms with van der Waals surface area (Å²) in [6.07, 6.45) is 9.05. The van der Waals surface area contributed by atoms with Crippen LogP contribution in [-0.2, 0) is 5.41 Å². The molecule has 0 nitrogen and oxygen atoms in total. The molecule has 200 valence electrons. The summed E-state index contributed by atoms with van der Waals surface area (Å²) in [5.74, 6) is 0. The average Bonchev–Trinajstić information content (AvgIpc) is 3.37. The predicted molar refractivity (Wildman–Crippen MR) is 178 cm³/mol. The first-order chi connectivity index (χ1) is 20.8. The molecule has 42 heavy (non-hydrogen) atoms. The minimum atomic E-state index is -0.325. The molecule has 0 heteroatoms. The second-order valence-corrected chi connectivity index (χ2v) is 11.6. The van der Waals surface area contributed by atoms with Gasteiger partial charge in [-0.2, -0.15) is 0 Å². The third-order valence-electron chi connectivity index (χ3n) is 9.33. The fraction of sp³-hybridized carbons (Fsp3) is 0.0952. The summed E-state index contributed by atoms with van der Waals surface area (Å²) in [6.45, 7) is 2.16. The van der Waals surface area contributed by atoms with E-state index in [0.29, 0.717) is 0 Å². The van der Waals surface area contributed by atoms with Gasteiger partial charge in [0.05, 0.1) is 5.41 Å². The predicted octanol–water partition coefficient (Wildman–Crippen LogP) is 11.1. The van der Waals surface area contributed by atoms with E-state index in [9.17, 15) is 0 Å². The first-order valence-corrected chi connectivity index (χ1v) is 15.0. The van der Waals surface area contributed by atoms with Gasteiger partial charge in [-0.15, -0.1) is 0 Å². The van der Waals surface area contributed by atoms with Crippen molar-refractivity contribution >= 4 is 10.8 Å². The Morgan fingerprint density at radius 2 is 1.26 bits per heavy atom. The van der Waals surface area contributed by atoms with Gasteiger partial charge >= 0.3 is 0 Å². The normalized spacial score (nSPS) is 17.1. The number of benzene rings is 6. The van der Waals surface area contributed by atoms with E-state index < -0.39 is 0 Å². The van der Waals surface area contributed by atoms with Crippen molar-refractivity contribution in [1.29, 1.82) is 0 Å². The molecule has 6 aromatic carbocycles. The Labute approximate surface area is 248 Å². The Morgan fingerprint density at radius 3 is 2.10 bits per heavy atom. The highest BCUT2D eigenvalue weighted by atomic mass is 14.5. The molecule has 0 saturated carbocycles. The second-order valence-electron chi connectivity index (χ2n) is 11.6. The van der Waals surface area contributed by atoms with Crippen LogP contribution in [0.25, 0.3) is 44.2 Å². The first kappa shape index (κ1) is 24.8. The summed E-state index contributed by atoms with van der Waals surface area (Å²) < 4.78 is 0. The zero-order valence-corrected chi connectivity index (χ0v) is 23.8. The number of fused-ring (bicyclic) bond motifs is 4. The lowest BCUT2D eigenvalue weighted by molar-refractivity contribution is 0.693. The molecule has 0 radical (unpaired) electrons. The lowest BCUT2D eigenvalue weighted by Crippen LogP contribution is -2.30. The van der Waals surface area contributed by atoms with Crippen LogP contribution in [0.2, 0.25) is 0 Å². The summed E-state index contributed by atoms with van der Waals surface area (Å²) in [7, 11) is 0. The molecule has 0 saturated heterocycles. The lowest BCUT2D eigenvalue weighted by atomic mass is 9.65. The molecule has 0 bridgehead atoms. The highest BCUT2D eigenvalue weighted by molar-refractivity contribution is 6.07. The van der Waals surface area contributed by atoms with Gasteiger partial charge in [-0.25, -0.2) is 0 Å². The Kier molecular flexibility index (Phi) is 5.83. The molecule has 0 amide bonds. The molecule has 0 spiro atoms. The van der Waals surface area contributed by atoms with Crippen molar-refractivity contribution in [3.05, 3.63) is 180 Å². The summed E-state index contributed by atoms with van der Waals surface area (Å²) in [5.41, 5.74) is 14.4. The van der Waals surface area contributed by atoms with Gasteiger partial charge in [-0.05, 0) is 80.6 Å². The van der Waals surface area contributed by atoms with Crippen LogP contribution in [-0.4, -0.2) is 0 Å². The van der Waals surface area contributed by atoms with Gasteiger partial charge < -0.3 is 0 Å². The number of hydrogen-bond donors (Lipinski definition) is 0. The third-order valence-corrected chi connectivity index (χ3v) is 9.33. The number of hydrogen-bond acceptors (Lipinski definition) is 0. The Balaban J connectivity index is 1.50. The fourth-order valence-electron chi connectivity index (χ4n) is 7.53. The highest BCUT2D eigenvalue weighted by Gasteiger charge is 2.47. The molecule has 2 aliphatic carbocycles. The molecule has 2 aliphatic rings. The zero-order chi connectivity index (χ0) is 28.1. The van der Waals surface area contributed by atoms with Gasteiger partial charge in [-0.3, -0.25) is 0 Å². The Morgan fingerprint density at radius 1 is 0.548 bits per heavy atom. The van der Waals surface area contributed by atoms with Gasteiger partial charge in [0.2, 0.25) is 0 Å². The summed E-state index contributed by atoms with van der Waals surface area (Å²) in [5, 5.41) is 2.56. The molecular formula is C42H32. The van der Waals surface area contributed by atoms with E-state index in [1.54, 1.807) is 0 Å². The lowest BCUT2D eigenvalue weighted by Gasteiger charge is -2.36. The summed E-state index contributed by atoms with van der Waals surface area (Å²) >= 11 is 0. The second kappa shape index (κ2) is 9.86. The molecule has 0 heterocycles. The molecular weight excluding hydrogens is 504 g/mol. The van der Waals surface area contributed by atoms with Crippen molar-refractivity contribution in [3.63, 3.8) is 0 Å². The van der Waals surface area contributed by atoms with E-state index in [0.717, 1.165) is 12.8 Å². The third kappa shape index (κ3) is 3.62. The summed E-state index contributed by atoms with van der Waals surface area (Å²) in [6, 6.07) is 49.8. The van der Waals surface area contributed by atoms with Gasteiger partial charge in [0.1, 0.15) is 0 Å². The Bertz CT molecular complexity index is 2020. The SMILES string of the molecule is Cc1ccc(-c2c(-c3cccc4c3-c3ccccc3C4(C3=CC=CCC3)c3ccccc3)ccc3ccccc23)cc1. The fourth-order valence-corrected chi connectivity index (χ4v) is 7.53. The molecule has 6 aromatic rings. The van der Waals surface area contributed by atoms with Gasteiger partial charge in [0.15, 0.2) is 0 Å². The topological polar surface area (TPSA) is 0 Å². The van der Waals surface area contributed by atoms with Crippen LogP contribution in [0.5, 0.6) is 0 Å². The number of allylic oxidation sites excluding steroid dienone is 4. The van der Waals surface area contributed by atoms with E-state index in [2.05, 4.69) is 159 Å². The molecule has 0 N–H and O–H groups in total. The maximum atomic E-state index is 2.39. The maximum Gasteiger partial charge on any atom is 0.0676 e. The van der Waals surface area contributed by atoms with Gasteiger partial charge in [0.25, 0.3) is 0 Å². The van der Waals surface area contributed by atoms with Crippen LogP contribution in [0.3, 0.4) is 0 Å². The maximum absolute atomic E-state index is 2.39. The monoisotopic (exact) mass is 536 g/mol. The van der Waals surface area contributed by atoms with Crippen molar-refractivity contribution in [2.24, 2.45) is 0 Å². The molecule has 1 unspecified atom stereocenters. The molecule has 0 fully saturated rings. The number of aryl methyl sites for hydroxylation is 1. The van der Waals surface area contributed by atoms with Crippen LogP contribution >= 0.6 is 0 Å².